The highest BCUT2D eigenvalue weighted by molar-refractivity contribution is 6.37. The fourth-order valence-electron chi connectivity index (χ4n) is 5.31. The molecule has 2 aromatic carbocycles. The number of hydrogen-bond donors (Lipinski definition) is 0. The number of carbonyl (C=O) groups excluding carboxylic acids is 3. The van der Waals surface area contributed by atoms with Gasteiger partial charge >= 0.3 is 0 Å². The molecule has 0 spiro atoms. The number of nitrogens with zero attached hydrogens (tertiary/aromatic N) is 2. The van der Waals surface area contributed by atoms with Gasteiger partial charge < -0.3 is 0 Å². The number of carbonyl (C=O) groups is 3. The average Bonchev–Trinajstić information content (AvgIpc) is 3.35. The van der Waals surface area contributed by atoms with Crippen molar-refractivity contribution in [2.24, 2.45) is 11.8 Å². The number of anilines is 1. The summed E-state index contributed by atoms with van der Waals surface area (Å²) in [6, 6.07) is 11.3. The summed E-state index contributed by atoms with van der Waals surface area (Å²) >= 11 is 12.3. The predicted octanol–water partition coefficient (Wildman–Crippen LogP) is 4.14. The van der Waals surface area contributed by atoms with E-state index in [1.165, 1.54) is 11.0 Å². The molecule has 5 nitrogen and oxygen atoms in total. The number of ketones is 1. The van der Waals surface area contributed by atoms with E-state index in [0.717, 1.165) is 18.4 Å². The minimum atomic E-state index is -0.691. The molecule has 3 heterocycles. The largest absolute Gasteiger partial charge is 0.292 e. The van der Waals surface area contributed by atoms with Crippen molar-refractivity contribution in [3.8, 4) is 0 Å². The molecule has 3 aliphatic rings. The van der Waals surface area contributed by atoms with Crippen molar-refractivity contribution in [1.29, 1.82) is 0 Å². The van der Waals surface area contributed by atoms with Crippen molar-refractivity contribution in [1.82, 2.24) is 4.90 Å². The van der Waals surface area contributed by atoms with Crippen molar-refractivity contribution < 1.29 is 14.4 Å². The summed E-state index contributed by atoms with van der Waals surface area (Å²) in [5, 5.41) is 0.705. The van der Waals surface area contributed by atoms with E-state index >= 15 is 0 Å². The van der Waals surface area contributed by atoms with E-state index in [2.05, 4.69) is 0 Å². The third kappa shape index (κ3) is 2.83. The van der Waals surface area contributed by atoms with Crippen LogP contribution in [0.1, 0.15) is 28.8 Å². The summed E-state index contributed by atoms with van der Waals surface area (Å²) in [7, 11) is 0. The molecular formula is C23H20Cl2N2O3. The molecule has 30 heavy (non-hydrogen) atoms. The molecule has 5 rings (SSSR count). The van der Waals surface area contributed by atoms with Crippen LogP contribution in [-0.4, -0.2) is 41.1 Å². The number of Topliss-reactive ketones (excluding diaryl/α,β-unsaturated/α-hetero) is 1. The van der Waals surface area contributed by atoms with Gasteiger partial charge in [-0.1, -0.05) is 40.9 Å². The lowest BCUT2D eigenvalue weighted by Crippen LogP contribution is -2.46. The maximum Gasteiger partial charge on any atom is 0.239 e. The third-order valence-electron chi connectivity index (χ3n) is 6.61. The summed E-state index contributed by atoms with van der Waals surface area (Å²) < 4.78 is 0. The molecule has 3 fully saturated rings. The van der Waals surface area contributed by atoms with Crippen molar-refractivity contribution in [2.75, 3.05) is 11.4 Å². The normalized spacial score (nSPS) is 28.2. The zero-order chi connectivity index (χ0) is 21.2. The summed E-state index contributed by atoms with van der Waals surface area (Å²) in [4.78, 5) is 43.7. The highest BCUT2D eigenvalue weighted by Crippen LogP contribution is 2.48. The van der Waals surface area contributed by atoms with E-state index in [-0.39, 0.29) is 28.7 Å². The monoisotopic (exact) mass is 442 g/mol. The number of imide groups is 1. The van der Waals surface area contributed by atoms with Gasteiger partial charge in [0.05, 0.1) is 28.6 Å². The third-order valence-corrected chi connectivity index (χ3v) is 7.16. The number of halogens is 2. The first kappa shape index (κ1) is 19.7. The number of hydrogen-bond acceptors (Lipinski definition) is 4. The van der Waals surface area contributed by atoms with Gasteiger partial charge in [-0.2, -0.15) is 0 Å². The Kier molecular flexibility index (Phi) is 4.73. The Labute approximate surface area is 184 Å². The fraction of sp³-hybridized carbons (Fsp3) is 0.348. The summed E-state index contributed by atoms with van der Waals surface area (Å²) in [6.45, 7) is 2.65. The van der Waals surface area contributed by atoms with E-state index in [1.807, 2.05) is 24.0 Å². The number of fused-ring (bicyclic) bond motifs is 3. The first-order chi connectivity index (χ1) is 14.4. The zero-order valence-corrected chi connectivity index (χ0v) is 17.9. The Balaban J connectivity index is 1.56. The van der Waals surface area contributed by atoms with Gasteiger partial charge in [-0.15, -0.1) is 0 Å². The highest BCUT2D eigenvalue weighted by Gasteiger charge is 2.64. The lowest BCUT2D eigenvalue weighted by molar-refractivity contribution is -0.123. The van der Waals surface area contributed by atoms with Crippen LogP contribution in [0.2, 0.25) is 10.0 Å². The molecule has 3 saturated heterocycles. The zero-order valence-electron chi connectivity index (χ0n) is 16.3. The second kappa shape index (κ2) is 7.19. The molecule has 0 radical (unpaired) electrons. The van der Waals surface area contributed by atoms with E-state index in [0.29, 0.717) is 22.8 Å². The molecule has 0 aliphatic carbocycles. The minimum absolute atomic E-state index is 0.0954. The van der Waals surface area contributed by atoms with Crippen molar-refractivity contribution in [3.63, 3.8) is 0 Å². The standard InChI is InChI=1S/C23H20Cl2N2O3/c1-12-4-7-14(8-5-12)27-22(29)18-17-3-2-10-26(17)20(19(18)23(27)30)21(28)15-9-6-13(24)11-16(15)25/h4-9,11,17-20H,2-3,10H2,1H3. The van der Waals surface area contributed by atoms with E-state index < -0.39 is 17.9 Å². The van der Waals surface area contributed by atoms with E-state index in [4.69, 9.17) is 23.2 Å². The molecule has 3 aliphatic heterocycles. The highest BCUT2D eigenvalue weighted by atomic mass is 35.5. The van der Waals surface area contributed by atoms with Crippen molar-refractivity contribution in [2.45, 2.75) is 31.8 Å². The van der Waals surface area contributed by atoms with Gasteiger partial charge in [0.2, 0.25) is 11.8 Å². The Morgan fingerprint density at radius 1 is 1.00 bits per heavy atom. The fourth-order valence-corrected chi connectivity index (χ4v) is 5.81. The van der Waals surface area contributed by atoms with Gasteiger partial charge in [-0.05, 0) is 56.6 Å². The smallest absolute Gasteiger partial charge is 0.239 e. The predicted molar refractivity (Wildman–Crippen MR) is 115 cm³/mol. The average molecular weight is 443 g/mol. The molecule has 154 valence electrons. The van der Waals surface area contributed by atoms with Gasteiger partial charge in [0.1, 0.15) is 0 Å². The second-order valence-electron chi connectivity index (χ2n) is 8.28. The number of benzene rings is 2. The Morgan fingerprint density at radius 2 is 1.70 bits per heavy atom. The van der Waals surface area contributed by atoms with Gasteiger partial charge in [0.15, 0.2) is 5.78 Å². The quantitative estimate of drug-likeness (QED) is 0.529. The summed E-state index contributed by atoms with van der Waals surface area (Å²) in [5.41, 5.74) is 1.95. The molecule has 4 atom stereocenters. The maximum absolute atomic E-state index is 13.6. The van der Waals surface area contributed by atoms with Crippen LogP contribution in [0.25, 0.3) is 0 Å². The van der Waals surface area contributed by atoms with Crippen molar-refractivity contribution in [3.05, 3.63) is 63.6 Å². The molecule has 2 aromatic rings. The SMILES string of the molecule is Cc1ccc(N2C(=O)C3C(C2=O)C(C(=O)c2ccc(Cl)cc2Cl)N2CCCC32)cc1. The van der Waals surface area contributed by atoms with Crippen molar-refractivity contribution >= 4 is 46.5 Å². The number of rotatable bonds is 3. The van der Waals surface area contributed by atoms with E-state index in [9.17, 15) is 14.4 Å². The topological polar surface area (TPSA) is 57.7 Å². The minimum Gasteiger partial charge on any atom is -0.292 e. The van der Waals surface area contributed by atoms with Crippen LogP contribution >= 0.6 is 23.2 Å². The Morgan fingerprint density at radius 3 is 2.40 bits per heavy atom. The van der Waals surface area contributed by atoms with Gasteiger partial charge in [0.25, 0.3) is 0 Å². The van der Waals surface area contributed by atoms with Crippen LogP contribution < -0.4 is 4.90 Å². The molecule has 4 unspecified atom stereocenters. The lowest BCUT2D eigenvalue weighted by atomic mass is 9.85. The molecule has 0 N–H and O–H groups in total. The summed E-state index contributed by atoms with van der Waals surface area (Å²) in [5.74, 6) is -1.91. The number of amides is 2. The molecule has 0 saturated carbocycles. The molecular weight excluding hydrogens is 423 g/mol. The lowest BCUT2D eigenvalue weighted by Gasteiger charge is -2.27. The maximum atomic E-state index is 13.6. The first-order valence-electron chi connectivity index (χ1n) is 10.1. The Bertz CT molecular complexity index is 1070. The van der Waals surface area contributed by atoms with Crippen LogP contribution in [0.3, 0.4) is 0 Å². The second-order valence-corrected chi connectivity index (χ2v) is 9.12. The molecule has 0 aromatic heterocycles. The first-order valence-corrected chi connectivity index (χ1v) is 10.8. The van der Waals surface area contributed by atoms with Gasteiger partial charge in [-0.3, -0.25) is 19.3 Å². The van der Waals surface area contributed by atoms with Crippen LogP contribution in [0.15, 0.2) is 42.5 Å². The Hall–Kier alpha value is -2.21. The molecule has 0 bridgehead atoms. The van der Waals surface area contributed by atoms with Crippen LogP contribution in [-0.2, 0) is 9.59 Å². The van der Waals surface area contributed by atoms with Gasteiger partial charge in [-0.25, -0.2) is 4.90 Å². The molecule has 7 heteroatoms. The van der Waals surface area contributed by atoms with Crippen LogP contribution in [0, 0.1) is 18.8 Å². The molecule has 2 amide bonds. The summed E-state index contributed by atoms with van der Waals surface area (Å²) in [6.07, 6.45) is 1.71. The van der Waals surface area contributed by atoms with Gasteiger partial charge in [0, 0.05) is 16.6 Å². The van der Waals surface area contributed by atoms with E-state index in [1.54, 1.807) is 24.3 Å². The van der Waals surface area contributed by atoms with Crippen LogP contribution in [0.4, 0.5) is 5.69 Å². The van der Waals surface area contributed by atoms with Crippen LogP contribution in [0.5, 0.6) is 0 Å². The number of aryl methyl sites for hydroxylation is 1.